The van der Waals surface area contributed by atoms with Crippen LogP contribution >= 0.6 is 0 Å². The quantitative estimate of drug-likeness (QED) is 0.830. The molecule has 8 heteroatoms. The maximum Gasteiger partial charge on any atom is 0.273 e. The minimum Gasteiger partial charge on any atom is -0.376 e. The summed E-state index contributed by atoms with van der Waals surface area (Å²) in [6, 6.07) is 0.175. The summed E-state index contributed by atoms with van der Waals surface area (Å²) in [5, 5.41) is 11.0. The monoisotopic (exact) mass is 391 g/mol. The lowest BCUT2D eigenvalue weighted by atomic mass is 9.87. The second-order valence-corrected chi connectivity index (χ2v) is 9.04. The lowest BCUT2D eigenvalue weighted by molar-refractivity contribution is -0.146. The molecule has 0 aliphatic carbocycles. The molecule has 1 aromatic rings. The number of likely N-dealkylation sites (tertiary alicyclic amines) is 1. The summed E-state index contributed by atoms with van der Waals surface area (Å²) in [7, 11) is 0. The van der Waals surface area contributed by atoms with Gasteiger partial charge in [0.2, 0.25) is 5.91 Å². The van der Waals surface area contributed by atoms with Crippen LogP contribution < -0.4 is 5.32 Å². The van der Waals surface area contributed by atoms with Crippen molar-refractivity contribution in [3.05, 3.63) is 11.9 Å². The summed E-state index contributed by atoms with van der Waals surface area (Å²) in [6.07, 6.45) is 4.96. The Hall–Kier alpha value is -1.96. The van der Waals surface area contributed by atoms with E-state index in [-0.39, 0.29) is 29.4 Å². The van der Waals surface area contributed by atoms with E-state index >= 15 is 0 Å². The number of aromatic nitrogens is 3. The van der Waals surface area contributed by atoms with Gasteiger partial charge in [-0.2, -0.15) is 0 Å². The smallest absolute Gasteiger partial charge is 0.273 e. The first kappa shape index (κ1) is 20.8. The molecule has 28 heavy (non-hydrogen) atoms. The van der Waals surface area contributed by atoms with E-state index in [0.717, 1.165) is 38.8 Å². The molecule has 3 rings (SSSR count). The molecule has 0 saturated carbocycles. The van der Waals surface area contributed by atoms with Gasteiger partial charge in [0.1, 0.15) is 0 Å². The van der Waals surface area contributed by atoms with Gasteiger partial charge in [-0.25, -0.2) is 4.68 Å². The standard InChI is InChI=1S/C20H33N5O3/c1-14(2)12-21-18(26)17-13-25(23-22-17)16-5-8-24(9-6-16)19(27)15-7-10-28-20(3,4)11-15/h13-16H,5-12H2,1-4H3,(H,21,26)/t15-/m1/s1. The van der Waals surface area contributed by atoms with E-state index in [4.69, 9.17) is 4.74 Å². The molecule has 2 amide bonds. The number of ether oxygens (including phenoxy) is 1. The van der Waals surface area contributed by atoms with Crippen LogP contribution in [0.15, 0.2) is 6.20 Å². The van der Waals surface area contributed by atoms with Gasteiger partial charge >= 0.3 is 0 Å². The van der Waals surface area contributed by atoms with Gasteiger partial charge in [-0.15, -0.1) is 5.10 Å². The fourth-order valence-corrected chi connectivity index (χ4v) is 4.00. The maximum atomic E-state index is 12.9. The van der Waals surface area contributed by atoms with Gasteiger partial charge in [-0.1, -0.05) is 19.1 Å². The van der Waals surface area contributed by atoms with Crippen LogP contribution in [0.3, 0.4) is 0 Å². The zero-order chi connectivity index (χ0) is 20.3. The number of nitrogens with one attached hydrogen (secondary N) is 1. The summed E-state index contributed by atoms with van der Waals surface area (Å²) in [5.41, 5.74) is 0.132. The Kier molecular flexibility index (Phi) is 6.37. The Bertz CT molecular complexity index is 692. The van der Waals surface area contributed by atoms with Gasteiger partial charge in [0.25, 0.3) is 5.91 Å². The SMILES string of the molecule is CC(C)CNC(=O)c1cn(C2CCN(C(=O)[C@@H]3CCOC(C)(C)C3)CC2)nn1. The summed E-state index contributed by atoms with van der Waals surface area (Å²) in [4.78, 5) is 27.0. The Morgan fingerprint density at radius 1 is 1.29 bits per heavy atom. The molecular weight excluding hydrogens is 358 g/mol. The van der Waals surface area contributed by atoms with Crippen molar-refractivity contribution in [3.63, 3.8) is 0 Å². The van der Waals surface area contributed by atoms with Crippen LogP contribution in [0.2, 0.25) is 0 Å². The summed E-state index contributed by atoms with van der Waals surface area (Å²) < 4.78 is 7.52. The minimum atomic E-state index is -0.218. The molecule has 2 aliphatic rings. The summed E-state index contributed by atoms with van der Waals surface area (Å²) in [6.45, 7) is 10.9. The number of amides is 2. The highest BCUT2D eigenvalue weighted by Crippen LogP contribution is 2.31. The van der Waals surface area contributed by atoms with E-state index < -0.39 is 0 Å². The first-order chi connectivity index (χ1) is 13.2. The molecule has 156 valence electrons. The Morgan fingerprint density at radius 2 is 2.00 bits per heavy atom. The van der Waals surface area contributed by atoms with Gasteiger partial charge in [0, 0.05) is 32.2 Å². The molecule has 0 aromatic carbocycles. The minimum absolute atomic E-state index is 0.0583. The fraction of sp³-hybridized carbons (Fsp3) is 0.800. The van der Waals surface area contributed by atoms with Gasteiger partial charge in [0.05, 0.1) is 17.8 Å². The fourth-order valence-electron chi connectivity index (χ4n) is 4.00. The number of nitrogens with zero attached hydrogens (tertiary/aromatic N) is 4. The van der Waals surface area contributed by atoms with Crippen LogP contribution in [0, 0.1) is 11.8 Å². The van der Waals surface area contributed by atoms with Gasteiger partial charge in [-0.3, -0.25) is 9.59 Å². The molecule has 3 heterocycles. The molecule has 8 nitrogen and oxygen atoms in total. The molecule has 0 radical (unpaired) electrons. The molecule has 2 fully saturated rings. The zero-order valence-electron chi connectivity index (χ0n) is 17.5. The Labute approximate surface area is 167 Å². The number of rotatable bonds is 5. The average Bonchev–Trinajstić information content (AvgIpc) is 3.15. The van der Waals surface area contributed by atoms with E-state index in [1.807, 2.05) is 18.7 Å². The van der Waals surface area contributed by atoms with Gasteiger partial charge < -0.3 is 15.0 Å². The lowest BCUT2D eigenvalue weighted by Crippen LogP contribution is -2.46. The second-order valence-electron chi connectivity index (χ2n) is 9.04. The molecule has 0 bridgehead atoms. The van der Waals surface area contributed by atoms with Crippen molar-refractivity contribution in [1.82, 2.24) is 25.2 Å². The van der Waals surface area contributed by atoms with E-state index in [1.165, 1.54) is 0 Å². The van der Waals surface area contributed by atoms with Crippen molar-refractivity contribution < 1.29 is 14.3 Å². The summed E-state index contributed by atoms with van der Waals surface area (Å²) >= 11 is 0. The van der Waals surface area contributed by atoms with E-state index in [0.29, 0.717) is 24.8 Å². The predicted molar refractivity (Wildman–Crippen MR) is 105 cm³/mol. The third-order valence-corrected chi connectivity index (χ3v) is 5.61. The van der Waals surface area contributed by atoms with Crippen molar-refractivity contribution in [2.24, 2.45) is 11.8 Å². The molecule has 0 unspecified atom stereocenters. The Balaban J connectivity index is 1.51. The third kappa shape index (κ3) is 5.10. The van der Waals surface area contributed by atoms with Crippen LogP contribution in [-0.2, 0) is 9.53 Å². The number of carbonyl (C=O) groups is 2. The number of piperidine rings is 1. The van der Waals surface area contributed by atoms with Gasteiger partial charge in [0.15, 0.2) is 5.69 Å². The van der Waals surface area contributed by atoms with Gasteiger partial charge in [-0.05, 0) is 45.4 Å². The number of hydrogen-bond donors (Lipinski definition) is 1. The second kappa shape index (κ2) is 8.59. The van der Waals surface area contributed by atoms with Crippen LogP contribution in [0.4, 0.5) is 0 Å². The maximum absolute atomic E-state index is 12.9. The zero-order valence-corrected chi connectivity index (χ0v) is 17.5. The van der Waals surface area contributed by atoms with Crippen LogP contribution in [0.1, 0.15) is 69.9 Å². The summed E-state index contributed by atoms with van der Waals surface area (Å²) in [5.74, 6) is 0.516. The first-order valence-corrected chi connectivity index (χ1v) is 10.4. The van der Waals surface area contributed by atoms with E-state index in [9.17, 15) is 9.59 Å². The van der Waals surface area contributed by atoms with Crippen LogP contribution in [0.25, 0.3) is 0 Å². The largest absolute Gasteiger partial charge is 0.376 e. The van der Waals surface area contributed by atoms with Crippen LogP contribution in [-0.4, -0.2) is 63.6 Å². The first-order valence-electron chi connectivity index (χ1n) is 10.4. The molecule has 2 saturated heterocycles. The molecule has 1 aromatic heterocycles. The molecule has 0 spiro atoms. The van der Waals surface area contributed by atoms with Crippen molar-refractivity contribution in [2.75, 3.05) is 26.2 Å². The highest BCUT2D eigenvalue weighted by Gasteiger charge is 2.36. The lowest BCUT2D eigenvalue weighted by Gasteiger charge is -2.39. The third-order valence-electron chi connectivity index (χ3n) is 5.61. The highest BCUT2D eigenvalue weighted by molar-refractivity contribution is 5.91. The van der Waals surface area contributed by atoms with Crippen molar-refractivity contribution in [3.8, 4) is 0 Å². The molecular formula is C20H33N5O3. The number of hydrogen-bond acceptors (Lipinski definition) is 5. The van der Waals surface area contributed by atoms with E-state index in [2.05, 4.69) is 29.5 Å². The highest BCUT2D eigenvalue weighted by atomic mass is 16.5. The molecule has 2 aliphatic heterocycles. The Morgan fingerprint density at radius 3 is 2.64 bits per heavy atom. The van der Waals surface area contributed by atoms with Crippen molar-refractivity contribution in [2.45, 2.75) is 65.0 Å². The molecule has 1 N–H and O–H groups in total. The van der Waals surface area contributed by atoms with Crippen molar-refractivity contribution in [1.29, 1.82) is 0 Å². The van der Waals surface area contributed by atoms with Crippen LogP contribution in [0.5, 0.6) is 0 Å². The normalized spacial score (nSPS) is 23.0. The predicted octanol–water partition coefficient (Wildman–Crippen LogP) is 2.03. The van der Waals surface area contributed by atoms with Crippen molar-refractivity contribution >= 4 is 11.8 Å². The number of carbonyl (C=O) groups excluding carboxylic acids is 2. The van der Waals surface area contributed by atoms with E-state index in [1.54, 1.807) is 10.9 Å². The topological polar surface area (TPSA) is 89.4 Å². The average molecular weight is 392 g/mol. The molecule has 1 atom stereocenters.